The minimum atomic E-state index is -0.114. The average molecular weight is 220 g/mol. The normalized spacial score (nSPS) is 31.9. The fourth-order valence-electron chi connectivity index (χ4n) is 3.25. The third-order valence-electron chi connectivity index (χ3n) is 4.06. The molecule has 0 saturated heterocycles. The molecule has 3 atom stereocenters. The zero-order chi connectivity index (χ0) is 11.0. The van der Waals surface area contributed by atoms with E-state index in [1.165, 1.54) is 31.9 Å². The van der Waals surface area contributed by atoms with Crippen molar-refractivity contribution in [3.63, 3.8) is 0 Å². The molecule has 2 aliphatic carbocycles. The lowest BCUT2D eigenvalue weighted by atomic mass is 9.89. The molecule has 0 aliphatic heterocycles. The van der Waals surface area contributed by atoms with Crippen LogP contribution in [0.2, 0.25) is 0 Å². The first-order chi connectivity index (χ1) is 7.83. The summed E-state index contributed by atoms with van der Waals surface area (Å²) in [5.74, 6) is 2.35. The predicted molar refractivity (Wildman–Crippen MR) is 57.7 cm³/mol. The molecule has 0 radical (unpaired) electrons. The molecule has 2 fully saturated rings. The molecule has 5 nitrogen and oxygen atoms in total. The Morgan fingerprint density at radius 3 is 3.06 bits per heavy atom. The largest absolute Gasteiger partial charge is 0.350 e. The summed E-state index contributed by atoms with van der Waals surface area (Å²) >= 11 is 0. The summed E-state index contributed by atoms with van der Waals surface area (Å²) in [7, 11) is 0. The summed E-state index contributed by atoms with van der Waals surface area (Å²) in [6.45, 7) is 0.798. The summed E-state index contributed by atoms with van der Waals surface area (Å²) in [5.41, 5.74) is 0.378. The molecule has 2 aliphatic rings. The van der Waals surface area contributed by atoms with E-state index in [9.17, 15) is 4.79 Å². The maximum absolute atomic E-state index is 11.6. The van der Waals surface area contributed by atoms with Crippen LogP contribution in [0.4, 0.5) is 0 Å². The van der Waals surface area contributed by atoms with Crippen molar-refractivity contribution < 1.29 is 4.79 Å². The molecule has 2 N–H and O–H groups in total. The summed E-state index contributed by atoms with van der Waals surface area (Å²) < 4.78 is 0. The SMILES string of the molecule is O=C(NCC1CC2CCC1C2)c1cn[nH]n1. The zero-order valence-corrected chi connectivity index (χ0v) is 9.15. The number of nitrogens with one attached hydrogen (secondary N) is 2. The van der Waals surface area contributed by atoms with Crippen molar-refractivity contribution >= 4 is 5.91 Å². The van der Waals surface area contributed by atoms with Gasteiger partial charge in [0.1, 0.15) is 0 Å². The van der Waals surface area contributed by atoms with Gasteiger partial charge in [-0.1, -0.05) is 6.42 Å². The lowest BCUT2D eigenvalue weighted by molar-refractivity contribution is 0.0936. The Labute approximate surface area is 94.0 Å². The van der Waals surface area contributed by atoms with E-state index >= 15 is 0 Å². The first-order valence-electron chi connectivity index (χ1n) is 5.97. The summed E-state index contributed by atoms with van der Waals surface area (Å²) in [5, 5.41) is 12.8. The van der Waals surface area contributed by atoms with E-state index in [1.807, 2.05) is 0 Å². The molecule has 86 valence electrons. The molecule has 0 spiro atoms. The van der Waals surface area contributed by atoms with E-state index in [0.29, 0.717) is 11.6 Å². The lowest BCUT2D eigenvalue weighted by Crippen LogP contribution is -2.31. The van der Waals surface area contributed by atoms with Crippen LogP contribution < -0.4 is 5.32 Å². The van der Waals surface area contributed by atoms with Gasteiger partial charge in [0.2, 0.25) is 0 Å². The quantitative estimate of drug-likeness (QED) is 0.797. The van der Waals surface area contributed by atoms with Crippen molar-refractivity contribution in [2.24, 2.45) is 17.8 Å². The van der Waals surface area contributed by atoms with Gasteiger partial charge in [-0.3, -0.25) is 4.79 Å². The van der Waals surface area contributed by atoms with Gasteiger partial charge in [0.05, 0.1) is 6.20 Å². The summed E-state index contributed by atoms with van der Waals surface area (Å²) in [4.78, 5) is 11.6. The number of fused-ring (bicyclic) bond motifs is 2. The monoisotopic (exact) mass is 220 g/mol. The Morgan fingerprint density at radius 1 is 1.50 bits per heavy atom. The van der Waals surface area contributed by atoms with Gasteiger partial charge in [0.15, 0.2) is 5.69 Å². The van der Waals surface area contributed by atoms with Gasteiger partial charge in [-0.05, 0) is 37.0 Å². The number of hydrogen-bond acceptors (Lipinski definition) is 3. The molecule has 1 aromatic rings. The van der Waals surface area contributed by atoms with Crippen LogP contribution in [0.3, 0.4) is 0 Å². The second-order valence-corrected chi connectivity index (χ2v) is 5.00. The van der Waals surface area contributed by atoms with E-state index in [-0.39, 0.29) is 5.91 Å². The number of aromatic nitrogens is 3. The van der Waals surface area contributed by atoms with E-state index in [4.69, 9.17) is 0 Å². The number of rotatable bonds is 3. The van der Waals surface area contributed by atoms with Crippen molar-refractivity contribution in [2.45, 2.75) is 25.7 Å². The number of aromatic amines is 1. The van der Waals surface area contributed by atoms with Crippen LogP contribution in [-0.4, -0.2) is 27.9 Å². The maximum atomic E-state index is 11.6. The Hall–Kier alpha value is -1.39. The molecule has 2 bridgehead atoms. The summed E-state index contributed by atoms with van der Waals surface area (Å²) in [6, 6.07) is 0. The van der Waals surface area contributed by atoms with Gasteiger partial charge in [-0.2, -0.15) is 15.4 Å². The Kier molecular flexibility index (Phi) is 2.38. The number of carbonyl (C=O) groups is 1. The van der Waals surface area contributed by atoms with E-state index in [1.54, 1.807) is 0 Å². The first-order valence-corrected chi connectivity index (χ1v) is 5.97. The van der Waals surface area contributed by atoms with Crippen LogP contribution in [0.1, 0.15) is 36.2 Å². The molecule has 5 heteroatoms. The molecule has 16 heavy (non-hydrogen) atoms. The standard InChI is InChI=1S/C11H16N4O/c16-11(10-6-13-15-14-10)12-5-9-4-7-1-2-8(9)3-7/h6-9H,1-5H2,(H,12,16)(H,13,14,15). The highest BCUT2D eigenvalue weighted by atomic mass is 16.1. The minimum Gasteiger partial charge on any atom is -0.350 e. The number of H-pyrrole nitrogens is 1. The van der Waals surface area contributed by atoms with E-state index < -0.39 is 0 Å². The molecule has 1 heterocycles. The Bertz CT molecular complexity index is 375. The van der Waals surface area contributed by atoms with Crippen LogP contribution >= 0.6 is 0 Å². The molecule has 3 unspecified atom stereocenters. The lowest BCUT2D eigenvalue weighted by Gasteiger charge is -2.21. The van der Waals surface area contributed by atoms with Crippen molar-refractivity contribution in [1.82, 2.24) is 20.7 Å². The van der Waals surface area contributed by atoms with Crippen LogP contribution in [0.5, 0.6) is 0 Å². The number of nitrogens with zero attached hydrogens (tertiary/aromatic N) is 2. The highest BCUT2D eigenvalue weighted by molar-refractivity contribution is 5.91. The van der Waals surface area contributed by atoms with Gasteiger partial charge in [-0.15, -0.1) is 0 Å². The zero-order valence-electron chi connectivity index (χ0n) is 9.15. The van der Waals surface area contributed by atoms with Crippen molar-refractivity contribution in [3.8, 4) is 0 Å². The van der Waals surface area contributed by atoms with Crippen molar-refractivity contribution in [3.05, 3.63) is 11.9 Å². The van der Waals surface area contributed by atoms with E-state index in [2.05, 4.69) is 20.7 Å². The highest BCUT2D eigenvalue weighted by Gasteiger charge is 2.39. The topological polar surface area (TPSA) is 70.7 Å². The average Bonchev–Trinajstić information content (AvgIpc) is 3.01. The van der Waals surface area contributed by atoms with Crippen LogP contribution in [0, 0.1) is 17.8 Å². The minimum absolute atomic E-state index is 0.114. The molecule has 1 amide bonds. The summed E-state index contributed by atoms with van der Waals surface area (Å²) in [6.07, 6.45) is 6.89. The molecule has 3 rings (SSSR count). The second-order valence-electron chi connectivity index (χ2n) is 5.00. The van der Waals surface area contributed by atoms with Crippen molar-refractivity contribution in [2.75, 3.05) is 6.54 Å². The fraction of sp³-hybridized carbons (Fsp3) is 0.727. The number of amides is 1. The van der Waals surface area contributed by atoms with Gasteiger partial charge < -0.3 is 5.32 Å². The van der Waals surface area contributed by atoms with E-state index in [0.717, 1.165) is 18.4 Å². The predicted octanol–water partition coefficient (Wildman–Crippen LogP) is 0.971. The molecule has 2 saturated carbocycles. The first kappa shape index (κ1) is 9.81. The van der Waals surface area contributed by atoms with Gasteiger partial charge in [0.25, 0.3) is 5.91 Å². The highest BCUT2D eigenvalue weighted by Crippen LogP contribution is 2.47. The smallest absolute Gasteiger partial charge is 0.273 e. The molecule has 1 aromatic heterocycles. The third kappa shape index (κ3) is 1.70. The Balaban J connectivity index is 1.52. The number of carbonyl (C=O) groups excluding carboxylic acids is 1. The number of hydrogen-bond donors (Lipinski definition) is 2. The maximum Gasteiger partial charge on any atom is 0.273 e. The molecule has 0 aromatic carbocycles. The Morgan fingerprint density at radius 2 is 2.44 bits per heavy atom. The van der Waals surface area contributed by atoms with Gasteiger partial charge >= 0.3 is 0 Å². The van der Waals surface area contributed by atoms with Crippen LogP contribution in [0.25, 0.3) is 0 Å². The fourth-order valence-corrected chi connectivity index (χ4v) is 3.25. The second kappa shape index (κ2) is 3.88. The molecular formula is C11H16N4O. The van der Waals surface area contributed by atoms with Gasteiger partial charge in [0, 0.05) is 6.54 Å². The van der Waals surface area contributed by atoms with Crippen molar-refractivity contribution in [1.29, 1.82) is 0 Å². The molecular weight excluding hydrogens is 204 g/mol. The van der Waals surface area contributed by atoms with Crippen LogP contribution in [-0.2, 0) is 0 Å². The van der Waals surface area contributed by atoms with Crippen LogP contribution in [0.15, 0.2) is 6.20 Å². The van der Waals surface area contributed by atoms with Gasteiger partial charge in [-0.25, -0.2) is 0 Å². The third-order valence-corrected chi connectivity index (χ3v) is 4.06.